The van der Waals surface area contributed by atoms with Crippen LogP contribution in [0.15, 0.2) is 48.5 Å². The first-order valence-electron chi connectivity index (χ1n) is 9.40. The quantitative estimate of drug-likeness (QED) is 0.574. The molecule has 0 aromatic heterocycles. The van der Waals surface area contributed by atoms with E-state index in [-0.39, 0.29) is 17.0 Å². The van der Waals surface area contributed by atoms with Crippen molar-refractivity contribution in [1.82, 2.24) is 5.32 Å². The summed E-state index contributed by atoms with van der Waals surface area (Å²) in [6.45, 7) is 2.50. The van der Waals surface area contributed by atoms with Crippen LogP contribution in [0.2, 0.25) is 0 Å². The highest BCUT2D eigenvalue weighted by molar-refractivity contribution is 6.06. The number of carbonyl (C=O) groups is 2. The molecule has 29 heavy (non-hydrogen) atoms. The van der Waals surface area contributed by atoms with Gasteiger partial charge >= 0.3 is 5.97 Å². The molecule has 1 aliphatic rings. The number of ether oxygens (including phenoxy) is 1. The molecule has 1 fully saturated rings. The zero-order valence-electron chi connectivity index (χ0n) is 16.4. The lowest BCUT2D eigenvalue weighted by molar-refractivity contribution is -0.111. The average Bonchev–Trinajstić information content (AvgIpc) is 2.75. The van der Waals surface area contributed by atoms with E-state index in [1.807, 2.05) is 0 Å². The molecule has 0 aliphatic carbocycles. The molecule has 0 unspecified atom stereocenters. The van der Waals surface area contributed by atoms with Crippen molar-refractivity contribution in [1.29, 1.82) is 0 Å². The summed E-state index contributed by atoms with van der Waals surface area (Å²) in [4.78, 5) is 23.0. The minimum absolute atomic E-state index is 0.00415. The lowest BCUT2D eigenvalue weighted by Gasteiger charge is -2.08. The number of benzene rings is 2. The van der Waals surface area contributed by atoms with E-state index in [2.05, 4.69) is 10.6 Å². The number of anilines is 1. The Morgan fingerprint density at radius 1 is 1.10 bits per heavy atom. The molecule has 1 heterocycles. The molecular formula is C22H26N2O5. The second-order valence-electron chi connectivity index (χ2n) is 6.42. The highest BCUT2D eigenvalue weighted by atomic mass is 16.5. The Bertz CT molecular complexity index is 849. The maximum Gasteiger partial charge on any atom is 0.337 e. The number of aromatic hydroxyl groups is 1. The number of amides is 1. The van der Waals surface area contributed by atoms with Crippen LogP contribution >= 0.6 is 0 Å². The van der Waals surface area contributed by atoms with E-state index < -0.39 is 11.9 Å². The van der Waals surface area contributed by atoms with Crippen molar-refractivity contribution in [3.8, 4) is 11.5 Å². The zero-order chi connectivity index (χ0) is 21.1. The number of rotatable bonds is 5. The minimum atomic E-state index is -1.12. The Kier molecular flexibility index (Phi) is 8.72. The maximum absolute atomic E-state index is 11.9. The third kappa shape index (κ3) is 7.31. The van der Waals surface area contributed by atoms with Gasteiger partial charge in [0.05, 0.1) is 18.4 Å². The molecule has 3 rings (SSSR count). The molecule has 1 aliphatic heterocycles. The molecule has 7 heteroatoms. The van der Waals surface area contributed by atoms with Gasteiger partial charge in [-0.1, -0.05) is 24.6 Å². The number of aromatic carboxylic acids is 1. The van der Waals surface area contributed by atoms with Crippen LogP contribution in [-0.4, -0.2) is 42.3 Å². The van der Waals surface area contributed by atoms with Crippen molar-refractivity contribution in [3.05, 3.63) is 59.7 Å². The van der Waals surface area contributed by atoms with E-state index in [1.165, 1.54) is 69.8 Å². The summed E-state index contributed by atoms with van der Waals surface area (Å²) in [5, 5.41) is 24.4. The predicted octanol–water partition coefficient (Wildman–Crippen LogP) is 3.51. The Hall–Kier alpha value is -3.32. The number of nitrogens with one attached hydrogen (secondary N) is 2. The summed E-state index contributed by atoms with van der Waals surface area (Å²) in [5.74, 6) is -1.29. The number of phenolic OH excluding ortho intramolecular Hbond substituents is 1. The Morgan fingerprint density at radius 3 is 2.41 bits per heavy atom. The zero-order valence-corrected chi connectivity index (χ0v) is 16.4. The third-order valence-electron chi connectivity index (χ3n) is 4.25. The van der Waals surface area contributed by atoms with E-state index in [4.69, 9.17) is 9.84 Å². The van der Waals surface area contributed by atoms with Crippen LogP contribution in [-0.2, 0) is 4.79 Å². The van der Waals surface area contributed by atoms with Gasteiger partial charge in [-0.3, -0.25) is 4.79 Å². The summed E-state index contributed by atoms with van der Waals surface area (Å²) in [6, 6.07) is 10.8. The molecule has 1 saturated heterocycles. The van der Waals surface area contributed by atoms with Gasteiger partial charge in [-0.2, -0.15) is 0 Å². The number of methoxy groups -OCH3 is 1. The van der Waals surface area contributed by atoms with Gasteiger partial charge in [-0.25, -0.2) is 4.79 Å². The number of phenols is 1. The Balaban J connectivity index is 0.000000426. The molecule has 154 valence electrons. The lowest BCUT2D eigenvalue weighted by atomic mass is 10.1. The van der Waals surface area contributed by atoms with Crippen LogP contribution in [0.25, 0.3) is 6.08 Å². The highest BCUT2D eigenvalue weighted by Crippen LogP contribution is 2.26. The number of hydrogen-bond acceptors (Lipinski definition) is 5. The van der Waals surface area contributed by atoms with Gasteiger partial charge in [-0.05, 0) is 61.8 Å². The number of para-hydroxylation sites is 1. The van der Waals surface area contributed by atoms with Crippen molar-refractivity contribution in [3.63, 3.8) is 0 Å². The largest absolute Gasteiger partial charge is 0.504 e. The van der Waals surface area contributed by atoms with Gasteiger partial charge in [0.2, 0.25) is 5.91 Å². The summed E-state index contributed by atoms with van der Waals surface area (Å²) in [5.41, 5.74) is 0.889. The number of carbonyl (C=O) groups excluding carboxylic acids is 1. The van der Waals surface area contributed by atoms with Gasteiger partial charge in [0, 0.05) is 6.08 Å². The fraction of sp³-hybridized carbons (Fsp3) is 0.273. The first-order valence-corrected chi connectivity index (χ1v) is 9.40. The third-order valence-corrected chi connectivity index (χ3v) is 4.25. The molecule has 2 aromatic carbocycles. The normalized spacial score (nSPS) is 13.3. The number of hydrogen-bond donors (Lipinski definition) is 4. The number of carboxylic acids is 1. The average molecular weight is 398 g/mol. The summed E-state index contributed by atoms with van der Waals surface area (Å²) in [6.07, 6.45) is 7.01. The van der Waals surface area contributed by atoms with E-state index >= 15 is 0 Å². The van der Waals surface area contributed by atoms with Gasteiger partial charge in [0.1, 0.15) is 0 Å². The van der Waals surface area contributed by atoms with Crippen molar-refractivity contribution in [2.45, 2.75) is 19.3 Å². The molecule has 0 spiro atoms. The van der Waals surface area contributed by atoms with Crippen LogP contribution in [0.4, 0.5) is 5.69 Å². The predicted molar refractivity (Wildman–Crippen MR) is 112 cm³/mol. The van der Waals surface area contributed by atoms with Gasteiger partial charge < -0.3 is 25.6 Å². The fourth-order valence-electron chi connectivity index (χ4n) is 2.72. The van der Waals surface area contributed by atoms with E-state index in [1.54, 1.807) is 24.3 Å². The highest BCUT2D eigenvalue weighted by Gasteiger charge is 2.10. The molecule has 0 radical (unpaired) electrons. The lowest BCUT2D eigenvalue weighted by Crippen LogP contribution is -2.21. The first kappa shape index (κ1) is 22.0. The van der Waals surface area contributed by atoms with E-state index in [9.17, 15) is 14.7 Å². The van der Waals surface area contributed by atoms with Crippen LogP contribution < -0.4 is 15.4 Å². The smallest absolute Gasteiger partial charge is 0.337 e. The van der Waals surface area contributed by atoms with Crippen LogP contribution in [0.1, 0.15) is 35.2 Å². The number of carboxylic acid groups (broad SMARTS) is 1. The van der Waals surface area contributed by atoms with Crippen LogP contribution in [0.5, 0.6) is 11.5 Å². The summed E-state index contributed by atoms with van der Waals surface area (Å²) in [7, 11) is 1.43. The molecule has 2 aromatic rings. The Labute approximate surface area is 170 Å². The molecule has 0 bridgehead atoms. The molecule has 0 atom stereocenters. The minimum Gasteiger partial charge on any atom is -0.504 e. The van der Waals surface area contributed by atoms with E-state index in [0.29, 0.717) is 11.3 Å². The molecule has 0 saturated carbocycles. The Morgan fingerprint density at radius 2 is 1.83 bits per heavy atom. The van der Waals surface area contributed by atoms with E-state index in [0.717, 1.165) is 0 Å². The molecule has 4 N–H and O–H groups in total. The number of piperidine rings is 1. The van der Waals surface area contributed by atoms with Crippen LogP contribution in [0.3, 0.4) is 0 Å². The standard InChI is InChI=1S/C17H15NO5.C5H11N/c1-23-15-10-11(6-8-14(15)19)7-9-16(20)18-13-5-3-2-4-12(13)17(21)22;1-2-4-6-5-3-1/h2-10,19H,1H3,(H,18,20)(H,21,22);6H,1-5H2. The van der Waals surface area contributed by atoms with Crippen molar-refractivity contribution < 1.29 is 24.5 Å². The monoisotopic (exact) mass is 398 g/mol. The maximum atomic E-state index is 11.9. The van der Waals surface area contributed by atoms with Crippen molar-refractivity contribution >= 4 is 23.6 Å². The fourth-order valence-corrected chi connectivity index (χ4v) is 2.72. The van der Waals surface area contributed by atoms with Crippen molar-refractivity contribution in [2.24, 2.45) is 0 Å². The SMILES string of the molecule is C1CCNCC1.COc1cc(C=CC(=O)Nc2ccccc2C(=O)O)ccc1O. The van der Waals surface area contributed by atoms with Crippen molar-refractivity contribution in [2.75, 3.05) is 25.5 Å². The van der Waals surface area contributed by atoms with Gasteiger partial charge in [-0.15, -0.1) is 0 Å². The summed E-state index contributed by atoms with van der Waals surface area (Å²) >= 11 is 0. The molecule has 7 nitrogen and oxygen atoms in total. The summed E-state index contributed by atoms with van der Waals surface area (Å²) < 4.78 is 4.98. The second-order valence-corrected chi connectivity index (χ2v) is 6.42. The molecular weight excluding hydrogens is 372 g/mol. The molecule has 1 amide bonds. The second kappa shape index (κ2) is 11.5. The topological polar surface area (TPSA) is 108 Å². The first-order chi connectivity index (χ1) is 14.0. The van der Waals surface area contributed by atoms with Crippen LogP contribution in [0, 0.1) is 0 Å². The van der Waals surface area contributed by atoms with Gasteiger partial charge in [0.25, 0.3) is 0 Å². The van der Waals surface area contributed by atoms with Gasteiger partial charge in [0.15, 0.2) is 11.5 Å².